The Hall–Kier alpha value is -3.61. The van der Waals surface area contributed by atoms with Crippen LogP contribution in [-0.4, -0.2) is 47.2 Å². The second-order valence-electron chi connectivity index (χ2n) is 7.55. The van der Waals surface area contributed by atoms with Gasteiger partial charge in [0, 0.05) is 49.4 Å². The highest BCUT2D eigenvalue weighted by atomic mass is 16.3. The molecule has 1 aromatic carbocycles. The highest BCUT2D eigenvalue weighted by Gasteiger charge is 2.18. The van der Waals surface area contributed by atoms with E-state index in [2.05, 4.69) is 10.3 Å². The number of amides is 2. The quantitative estimate of drug-likeness (QED) is 0.676. The van der Waals surface area contributed by atoms with Gasteiger partial charge in [0.2, 0.25) is 11.8 Å². The molecular weight excluding hydrogens is 380 g/mol. The van der Waals surface area contributed by atoms with Crippen LogP contribution in [-0.2, 0) is 22.7 Å². The summed E-state index contributed by atoms with van der Waals surface area (Å²) in [6.07, 6.45) is 4.96. The summed E-state index contributed by atoms with van der Waals surface area (Å²) in [5, 5.41) is 4.11. The third kappa shape index (κ3) is 3.91. The van der Waals surface area contributed by atoms with Gasteiger partial charge >= 0.3 is 0 Å². The van der Waals surface area contributed by atoms with Crippen molar-refractivity contribution in [3.63, 3.8) is 0 Å². The Balaban J connectivity index is 1.46. The molecule has 0 atom stereocenters. The zero-order chi connectivity index (χ0) is 21.3. The third-order valence-electron chi connectivity index (χ3n) is 5.35. The van der Waals surface area contributed by atoms with Crippen LogP contribution in [0.25, 0.3) is 17.0 Å². The Morgan fingerprint density at radius 2 is 2.17 bits per heavy atom. The Morgan fingerprint density at radius 1 is 1.37 bits per heavy atom. The molecule has 30 heavy (non-hydrogen) atoms. The molecule has 7 heteroatoms. The number of para-hydroxylation sites is 1. The number of aryl methyl sites for hydroxylation is 1. The van der Waals surface area contributed by atoms with Gasteiger partial charge in [-0.1, -0.05) is 18.2 Å². The number of hydrogen-bond acceptors (Lipinski definition) is 5. The number of pyridine rings is 1. The van der Waals surface area contributed by atoms with E-state index in [4.69, 9.17) is 4.42 Å². The molecule has 0 radical (unpaired) electrons. The molecule has 2 aromatic heterocycles. The minimum absolute atomic E-state index is 0.0165. The first-order valence-corrected chi connectivity index (χ1v) is 9.79. The molecule has 0 saturated heterocycles. The summed E-state index contributed by atoms with van der Waals surface area (Å²) in [6.45, 7) is 3.11. The first kappa shape index (κ1) is 19.7. The second kappa shape index (κ2) is 8.02. The van der Waals surface area contributed by atoms with Crippen molar-refractivity contribution in [1.82, 2.24) is 14.8 Å². The summed E-state index contributed by atoms with van der Waals surface area (Å²) in [4.78, 5) is 32.1. The van der Waals surface area contributed by atoms with Crippen LogP contribution in [0.4, 0.5) is 5.82 Å². The van der Waals surface area contributed by atoms with Crippen molar-refractivity contribution in [3.05, 3.63) is 65.1 Å². The van der Waals surface area contributed by atoms with Crippen molar-refractivity contribution in [1.29, 1.82) is 0 Å². The van der Waals surface area contributed by atoms with Crippen molar-refractivity contribution >= 4 is 34.7 Å². The zero-order valence-corrected chi connectivity index (χ0v) is 17.3. The first-order chi connectivity index (χ1) is 14.4. The molecule has 0 saturated carbocycles. The minimum atomic E-state index is -0.129. The fraction of sp³-hybridized carbons (Fsp3) is 0.261. The minimum Gasteiger partial charge on any atom is -0.459 e. The molecule has 1 aliphatic rings. The Bertz CT molecular complexity index is 1150. The maximum Gasteiger partial charge on any atom is 0.246 e. The summed E-state index contributed by atoms with van der Waals surface area (Å²) in [7, 11) is 3.51. The molecule has 3 heterocycles. The van der Waals surface area contributed by atoms with Gasteiger partial charge in [-0.2, -0.15) is 0 Å². The van der Waals surface area contributed by atoms with Crippen LogP contribution in [0, 0.1) is 6.92 Å². The summed E-state index contributed by atoms with van der Waals surface area (Å²) in [6, 6.07) is 9.80. The number of aromatic nitrogens is 1. The van der Waals surface area contributed by atoms with E-state index in [0.717, 1.165) is 33.4 Å². The molecule has 0 spiro atoms. The maximum absolute atomic E-state index is 12.6. The van der Waals surface area contributed by atoms with Crippen LogP contribution in [0.5, 0.6) is 0 Å². The fourth-order valence-corrected chi connectivity index (χ4v) is 3.50. The number of likely N-dealkylation sites (N-methyl/N-ethyl adjacent to an activating group) is 2. The maximum atomic E-state index is 12.6. The number of benzene rings is 1. The number of carbonyl (C=O) groups excluding carboxylic acids is 2. The molecule has 3 aromatic rings. The van der Waals surface area contributed by atoms with Gasteiger partial charge in [-0.15, -0.1) is 0 Å². The number of hydrogen-bond donors (Lipinski definition) is 1. The highest BCUT2D eigenvalue weighted by Crippen LogP contribution is 2.26. The number of carbonyl (C=O) groups is 2. The van der Waals surface area contributed by atoms with E-state index in [1.807, 2.05) is 37.3 Å². The second-order valence-corrected chi connectivity index (χ2v) is 7.55. The van der Waals surface area contributed by atoms with Crippen LogP contribution >= 0.6 is 0 Å². The standard InChI is InChI=1S/C23H24N4O3/c1-15-18-6-4-5-7-19(18)30-20(15)14-27(3)21(28)9-8-16-10-17-13-26(2)22(29)12-25-23(17)24-11-16/h4-11H,12-14H2,1-3H3,(H,24,25). The fourth-order valence-electron chi connectivity index (χ4n) is 3.50. The van der Waals surface area contributed by atoms with E-state index in [1.54, 1.807) is 36.2 Å². The number of anilines is 1. The number of fused-ring (bicyclic) bond motifs is 2. The number of nitrogens with one attached hydrogen (secondary N) is 1. The lowest BCUT2D eigenvalue weighted by Crippen LogP contribution is -2.28. The van der Waals surface area contributed by atoms with E-state index in [9.17, 15) is 9.59 Å². The molecule has 1 aliphatic heterocycles. The molecule has 7 nitrogen and oxygen atoms in total. The van der Waals surface area contributed by atoms with Crippen molar-refractivity contribution < 1.29 is 14.0 Å². The molecule has 0 bridgehead atoms. The normalized spacial score (nSPS) is 14.0. The van der Waals surface area contributed by atoms with Gasteiger partial charge in [0.05, 0.1) is 13.1 Å². The van der Waals surface area contributed by atoms with E-state index >= 15 is 0 Å². The van der Waals surface area contributed by atoms with E-state index in [-0.39, 0.29) is 18.4 Å². The topological polar surface area (TPSA) is 78.7 Å². The van der Waals surface area contributed by atoms with Gasteiger partial charge in [-0.3, -0.25) is 9.59 Å². The Kier molecular flexibility index (Phi) is 5.27. The van der Waals surface area contributed by atoms with Gasteiger partial charge in [0.1, 0.15) is 17.2 Å². The van der Waals surface area contributed by atoms with Crippen molar-refractivity contribution in [2.45, 2.75) is 20.0 Å². The molecule has 0 fully saturated rings. The molecule has 2 amide bonds. The molecule has 154 valence electrons. The van der Waals surface area contributed by atoms with E-state index in [1.165, 1.54) is 6.08 Å². The largest absolute Gasteiger partial charge is 0.459 e. The van der Waals surface area contributed by atoms with E-state index in [0.29, 0.717) is 18.9 Å². The summed E-state index contributed by atoms with van der Waals surface area (Å²) >= 11 is 0. The van der Waals surface area contributed by atoms with Crippen LogP contribution in [0.1, 0.15) is 22.5 Å². The lowest BCUT2D eigenvalue weighted by molar-refractivity contribution is -0.128. The van der Waals surface area contributed by atoms with Gasteiger partial charge < -0.3 is 19.5 Å². The zero-order valence-electron chi connectivity index (χ0n) is 17.3. The molecule has 0 unspecified atom stereocenters. The molecular formula is C23H24N4O3. The lowest BCUT2D eigenvalue weighted by Gasteiger charge is -2.14. The Labute approximate surface area is 175 Å². The number of furan rings is 1. The number of nitrogens with zero attached hydrogens (tertiary/aromatic N) is 3. The molecule has 1 N–H and O–H groups in total. The SMILES string of the molecule is Cc1c(CN(C)C(=O)C=Cc2cnc3c(c2)CN(C)C(=O)CN3)oc2ccccc12. The number of rotatable bonds is 4. The van der Waals surface area contributed by atoms with Gasteiger partial charge in [-0.05, 0) is 30.7 Å². The lowest BCUT2D eigenvalue weighted by atomic mass is 10.1. The van der Waals surface area contributed by atoms with Crippen LogP contribution < -0.4 is 5.32 Å². The van der Waals surface area contributed by atoms with Crippen LogP contribution in [0.3, 0.4) is 0 Å². The summed E-state index contributed by atoms with van der Waals surface area (Å²) in [5.41, 5.74) is 3.61. The first-order valence-electron chi connectivity index (χ1n) is 9.79. The Morgan fingerprint density at radius 3 is 2.97 bits per heavy atom. The van der Waals surface area contributed by atoms with Crippen LogP contribution in [0.15, 0.2) is 47.0 Å². The van der Waals surface area contributed by atoms with Gasteiger partial charge in [0.15, 0.2) is 0 Å². The molecule has 4 rings (SSSR count). The van der Waals surface area contributed by atoms with Gasteiger partial charge in [0.25, 0.3) is 0 Å². The predicted octanol–water partition coefficient (Wildman–Crippen LogP) is 3.19. The average molecular weight is 404 g/mol. The van der Waals surface area contributed by atoms with E-state index < -0.39 is 0 Å². The molecule has 0 aliphatic carbocycles. The van der Waals surface area contributed by atoms with Crippen LogP contribution in [0.2, 0.25) is 0 Å². The summed E-state index contributed by atoms with van der Waals surface area (Å²) < 4.78 is 5.91. The predicted molar refractivity (Wildman–Crippen MR) is 116 cm³/mol. The average Bonchev–Trinajstić information content (AvgIpc) is 2.98. The smallest absolute Gasteiger partial charge is 0.246 e. The van der Waals surface area contributed by atoms with Gasteiger partial charge in [-0.25, -0.2) is 4.98 Å². The van der Waals surface area contributed by atoms with Crippen molar-refractivity contribution in [2.75, 3.05) is 26.0 Å². The van der Waals surface area contributed by atoms with Crippen molar-refractivity contribution in [3.8, 4) is 0 Å². The third-order valence-corrected chi connectivity index (χ3v) is 5.35. The monoisotopic (exact) mass is 404 g/mol. The summed E-state index contributed by atoms with van der Waals surface area (Å²) in [5.74, 6) is 1.37. The van der Waals surface area contributed by atoms with Crippen molar-refractivity contribution in [2.24, 2.45) is 0 Å². The highest BCUT2D eigenvalue weighted by molar-refractivity contribution is 5.92.